The van der Waals surface area contributed by atoms with Crippen molar-refractivity contribution in [3.63, 3.8) is 0 Å². The van der Waals surface area contributed by atoms with Crippen molar-refractivity contribution < 1.29 is 4.79 Å². The zero-order chi connectivity index (χ0) is 14.0. The smallest absolute Gasteiger partial charge is 0.225 e. The van der Waals surface area contributed by atoms with E-state index in [1.54, 1.807) is 0 Å². The Hall–Kier alpha value is -1.35. The first-order chi connectivity index (χ1) is 9.70. The molecule has 1 aromatic rings. The Labute approximate surface area is 121 Å². The number of hydrogen-bond acceptors (Lipinski definition) is 2. The van der Waals surface area contributed by atoms with Crippen LogP contribution in [0, 0.1) is 5.92 Å². The molecule has 3 heteroatoms. The monoisotopic (exact) mass is 272 g/mol. The van der Waals surface area contributed by atoms with Gasteiger partial charge in [-0.05, 0) is 38.4 Å². The van der Waals surface area contributed by atoms with Crippen molar-refractivity contribution in [3.05, 3.63) is 35.9 Å². The van der Waals surface area contributed by atoms with Gasteiger partial charge in [-0.3, -0.25) is 4.79 Å². The molecule has 0 aromatic heterocycles. The van der Waals surface area contributed by atoms with Crippen molar-refractivity contribution in [3.8, 4) is 0 Å². The summed E-state index contributed by atoms with van der Waals surface area (Å²) in [5.74, 6) is 0.418. The van der Waals surface area contributed by atoms with Crippen molar-refractivity contribution in [2.24, 2.45) is 5.92 Å². The lowest BCUT2D eigenvalue weighted by Crippen LogP contribution is -2.46. The number of likely N-dealkylation sites (tertiary alicyclic amines) is 1. The van der Waals surface area contributed by atoms with Gasteiger partial charge in [-0.2, -0.15) is 0 Å². The van der Waals surface area contributed by atoms with Gasteiger partial charge in [-0.25, -0.2) is 0 Å². The molecule has 1 amide bonds. The first-order valence-electron chi connectivity index (χ1n) is 7.76. The highest BCUT2D eigenvalue weighted by atomic mass is 16.2. The number of hydrogen-bond donors (Lipinski definition) is 1. The Morgan fingerprint density at radius 2 is 1.95 bits per heavy atom. The minimum atomic E-state index is -0.112. The molecule has 1 heterocycles. The summed E-state index contributed by atoms with van der Waals surface area (Å²) in [6.45, 7) is 1.94. The summed E-state index contributed by atoms with van der Waals surface area (Å²) in [4.78, 5) is 14.8. The van der Waals surface area contributed by atoms with Crippen molar-refractivity contribution >= 4 is 5.91 Å². The van der Waals surface area contributed by atoms with Crippen molar-refractivity contribution in [2.45, 2.75) is 37.6 Å². The van der Waals surface area contributed by atoms with Gasteiger partial charge in [0.1, 0.15) is 0 Å². The third-order valence-electron chi connectivity index (χ3n) is 4.91. The van der Waals surface area contributed by atoms with Gasteiger partial charge in [-0.15, -0.1) is 0 Å². The van der Waals surface area contributed by atoms with Gasteiger partial charge in [0, 0.05) is 6.54 Å². The van der Waals surface area contributed by atoms with E-state index in [1.807, 2.05) is 6.07 Å². The van der Waals surface area contributed by atoms with E-state index in [0.717, 1.165) is 32.4 Å². The Balaban J connectivity index is 1.76. The first kappa shape index (κ1) is 13.6. The maximum Gasteiger partial charge on any atom is 0.225 e. The van der Waals surface area contributed by atoms with Crippen molar-refractivity contribution in [1.82, 2.24) is 10.2 Å². The molecule has 1 unspecified atom stereocenters. The molecule has 3 rings (SSSR count). The SMILES string of the molecule is CN1CCC(C(=O)NC2(c3ccccc3)CCCC2)C1. The van der Waals surface area contributed by atoms with E-state index >= 15 is 0 Å². The fraction of sp³-hybridized carbons (Fsp3) is 0.588. The Kier molecular flexibility index (Phi) is 3.79. The second-order valence-electron chi connectivity index (χ2n) is 6.39. The summed E-state index contributed by atoms with van der Waals surface area (Å²) < 4.78 is 0. The van der Waals surface area contributed by atoms with Crippen LogP contribution < -0.4 is 5.32 Å². The molecule has 1 N–H and O–H groups in total. The van der Waals surface area contributed by atoms with Gasteiger partial charge in [0.25, 0.3) is 0 Å². The fourth-order valence-corrected chi connectivity index (χ4v) is 3.71. The third-order valence-corrected chi connectivity index (χ3v) is 4.91. The van der Waals surface area contributed by atoms with E-state index < -0.39 is 0 Å². The highest BCUT2D eigenvalue weighted by Crippen LogP contribution is 2.39. The molecule has 1 atom stereocenters. The Morgan fingerprint density at radius 1 is 1.25 bits per heavy atom. The van der Waals surface area contributed by atoms with Crippen molar-refractivity contribution in [1.29, 1.82) is 0 Å². The van der Waals surface area contributed by atoms with E-state index in [1.165, 1.54) is 18.4 Å². The van der Waals surface area contributed by atoms with Crippen LogP contribution in [0.15, 0.2) is 30.3 Å². The van der Waals surface area contributed by atoms with E-state index in [4.69, 9.17) is 0 Å². The molecule has 0 spiro atoms. The van der Waals surface area contributed by atoms with Gasteiger partial charge < -0.3 is 10.2 Å². The molecule has 108 valence electrons. The van der Waals surface area contributed by atoms with Crippen LogP contribution >= 0.6 is 0 Å². The molecule has 0 radical (unpaired) electrons. The molecular formula is C17H24N2O. The van der Waals surface area contributed by atoms with Gasteiger partial charge in [-0.1, -0.05) is 43.2 Å². The van der Waals surface area contributed by atoms with E-state index in [-0.39, 0.29) is 17.4 Å². The molecule has 1 saturated carbocycles. The van der Waals surface area contributed by atoms with Crippen LogP contribution in [0.5, 0.6) is 0 Å². The predicted molar refractivity (Wildman–Crippen MR) is 80.3 cm³/mol. The van der Waals surface area contributed by atoms with E-state index in [2.05, 4.69) is 41.5 Å². The summed E-state index contributed by atoms with van der Waals surface area (Å²) in [5, 5.41) is 3.41. The lowest BCUT2D eigenvalue weighted by Gasteiger charge is -2.32. The molecule has 1 aromatic carbocycles. The average Bonchev–Trinajstić information content (AvgIpc) is 3.10. The predicted octanol–water partition coefficient (Wildman–Crippen LogP) is 2.52. The van der Waals surface area contributed by atoms with Gasteiger partial charge in [0.15, 0.2) is 0 Å². The van der Waals surface area contributed by atoms with Crippen LogP contribution in [0.25, 0.3) is 0 Å². The molecule has 3 nitrogen and oxygen atoms in total. The van der Waals surface area contributed by atoms with Gasteiger partial charge in [0.2, 0.25) is 5.91 Å². The average molecular weight is 272 g/mol. The third kappa shape index (κ3) is 2.59. The number of carbonyl (C=O) groups excluding carboxylic acids is 1. The number of amides is 1. The molecular weight excluding hydrogens is 248 g/mol. The second kappa shape index (κ2) is 5.57. The highest BCUT2D eigenvalue weighted by Gasteiger charge is 2.39. The van der Waals surface area contributed by atoms with Crippen LogP contribution in [0.4, 0.5) is 0 Å². The summed E-state index contributed by atoms with van der Waals surface area (Å²) in [7, 11) is 2.09. The van der Waals surface area contributed by atoms with Crippen LogP contribution in [0.1, 0.15) is 37.7 Å². The van der Waals surface area contributed by atoms with Gasteiger partial charge >= 0.3 is 0 Å². The quantitative estimate of drug-likeness (QED) is 0.917. The normalized spacial score (nSPS) is 25.8. The second-order valence-corrected chi connectivity index (χ2v) is 6.39. The summed E-state index contributed by atoms with van der Waals surface area (Å²) in [6, 6.07) is 10.5. The Morgan fingerprint density at radius 3 is 2.55 bits per heavy atom. The zero-order valence-electron chi connectivity index (χ0n) is 12.3. The molecule has 1 saturated heterocycles. The number of nitrogens with one attached hydrogen (secondary N) is 1. The standard InChI is InChI=1S/C17H24N2O/c1-19-12-9-14(13-19)16(20)18-17(10-5-6-11-17)15-7-3-2-4-8-15/h2-4,7-8,14H,5-6,9-13H2,1H3,(H,18,20). The highest BCUT2D eigenvalue weighted by molar-refractivity contribution is 5.80. The fourth-order valence-electron chi connectivity index (χ4n) is 3.71. The van der Waals surface area contributed by atoms with Crippen LogP contribution in [0.2, 0.25) is 0 Å². The lowest BCUT2D eigenvalue weighted by atomic mass is 9.87. The molecule has 2 aliphatic rings. The number of nitrogens with zero attached hydrogens (tertiary/aromatic N) is 1. The number of rotatable bonds is 3. The molecule has 20 heavy (non-hydrogen) atoms. The topological polar surface area (TPSA) is 32.3 Å². The molecule has 0 bridgehead atoms. The lowest BCUT2D eigenvalue weighted by molar-refractivity contribution is -0.126. The Bertz CT molecular complexity index is 465. The number of carbonyl (C=O) groups is 1. The van der Waals surface area contributed by atoms with E-state index in [0.29, 0.717) is 0 Å². The summed E-state index contributed by atoms with van der Waals surface area (Å²) in [5.41, 5.74) is 1.16. The minimum absolute atomic E-state index is 0.112. The maximum absolute atomic E-state index is 12.6. The summed E-state index contributed by atoms with van der Waals surface area (Å²) >= 11 is 0. The molecule has 1 aliphatic heterocycles. The van der Waals surface area contributed by atoms with Crippen LogP contribution in [0.3, 0.4) is 0 Å². The largest absolute Gasteiger partial charge is 0.346 e. The van der Waals surface area contributed by atoms with E-state index in [9.17, 15) is 4.79 Å². The maximum atomic E-state index is 12.6. The molecule has 1 aliphatic carbocycles. The van der Waals surface area contributed by atoms with Crippen LogP contribution in [-0.4, -0.2) is 30.9 Å². The zero-order valence-corrected chi connectivity index (χ0v) is 12.3. The van der Waals surface area contributed by atoms with Gasteiger partial charge in [0.05, 0.1) is 11.5 Å². The number of benzene rings is 1. The van der Waals surface area contributed by atoms with Crippen molar-refractivity contribution in [2.75, 3.05) is 20.1 Å². The first-order valence-corrected chi connectivity index (χ1v) is 7.76. The molecule has 2 fully saturated rings. The summed E-state index contributed by atoms with van der Waals surface area (Å²) in [6.07, 6.45) is 5.56. The van der Waals surface area contributed by atoms with Crippen LogP contribution in [-0.2, 0) is 10.3 Å². The minimum Gasteiger partial charge on any atom is -0.346 e.